The Bertz CT molecular complexity index is 908. The molecule has 0 aliphatic carbocycles. The summed E-state index contributed by atoms with van der Waals surface area (Å²) in [6, 6.07) is 6.38. The number of rotatable bonds is 6. The molecule has 3 heterocycles. The molecule has 136 valence electrons. The molecule has 1 aromatic carbocycles. The Balaban J connectivity index is 1.62. The molecule has 1 saturated heterocycles. The number of aromatic nitrogens is 2. The van der Waals surface area contributed by atoms with Crippen molar-refractivity contribution in [3.8, 4) is 10.6 Å². The van der Waals surface area contributed by atoms with Crippen molar-refractivity contribution in [2.24, 2.45) is 0 Å². The maximum absolute atomic E-state index is 10.9. The Labute approximate surface area is 157 Å². The summed E-state index contributed by atoms with van der Waals surface area (Å²) in [7, 11) is 0. The van der Waals surface area contributed by atoms with E-state index in [1.54, 1.807) is 11.3 Å². The minimum atomic E-state index is 0.738. The molecule has 1 aliphatic heterocycles. The van der Waals surface area contributed by atoms with E-state index in [1.165, 1.54) is 32.4 Å². The van der Waals surface area contributed by atoms with Crippen LogP contribution in [0.15, 0.2) is 29.8 Å². The molecule has 1 amide bonds. The third-order valence-corrected chi connectivity index (χ3v) is 6.01. The van der Waals surface area contributed by atoms with E-state index in [2.05, 4.69) is 45.3 Å². The molecule has 0 spiro atoms. The van der Waals surface area contributed by atoms with Gasteiger partial charge in [-0.15, -0.1) is 11.3 Å². The third-order valence-electron chi connectivity index (χ3n) is 5.07. The van der Waals surface area contributed by atoms with Crippen LogP contribution in [0.1, 0.15) is 31.9 Å². The van der Waals surface area contributed by atoms with Gasteiger partial charge in [-0.05, 0) is 51.1 Å². The monoisotopic (exact) mass is 368 g/mol. The second-order valence-corrected chi connectivity index (χ2v) is 7.66. The lowest BCUT2D eigenvalue weighted by Gasteiger charge is -2.25. The summed E-state index contributed by atoms with van der Waals surface area (Å²) in [4.78, 5) is 18.3. The van der Waals surface area contributed by atoms with Crippen molar-refractivity contribution in [1.82, 2.24) is 14.5 Å². The van der Waals surface area contributed by atoms with Gasteiger partial charge >= 0.3 is 0 Å². The summed E-state index contributed by atoms with van der Waals surface area (Å²) in [6.45, 7) is 6.29. The van der Waals surface area contributed by atoms with E-state index in [-0.39, 0.29) is 0 Å². The van der Waals surface area contributed by atoms with E-state index in [4.69, 9.17) is 4.98 Å². The summed E-state index contributed by atoms with van der Waals surface area (Å²) < 4.78 is 2.15. The molecule has 0 unspecified atom stereocenters. The van der Waals surface area contributed by atoms with Gasteiger partial charge in [0.05, 0.1) is 16.9 Å². The smallest absolute Gasteiger partial charge is 0.211 e. The van der Waals surface area contributed by atoms with E-state index in [1.807, 2.05) is 6.20 Å². The van der Waals surface area contributed by atoms with Crippen LogP contribution in [0.2, 0.25) is 0 Å². The van der Waals surface area contributed by atoms with Crippen molar-refractivity contribution in [2.45, 2.75) is 39.3 Å². The van der Waals surface area contributed by atoms with Gasteiger partial charge in [0, 0.05) is 35.6 Å². The number of hydrogen-bond donors (Lipinski definition) is 1. The summed E-state index contributed by atoms with van der Waals surface area (Å²) >= 11 is 1.70. The first-order chi connectivity index (χ1) is 12.8. The highest BCUT2D eigenvalue weighted by Crippen LogP contribution is 2.32. The normalized spacial score (nSPS) is 15.4. The second kappa shape index (κ2) is 7.60. The van der Waals surface area contributed by atoms with Crippen molar-refractivity contribution in [1.29, 1.82) is 0 Å². The number of nitrogens with one attached hydrogen (secondary N) is 1. The van der Waals surface area contributed by atoms with Gasteiger partial charge in [-0.3, -0.25) is 9.69 Å². The minimum absolute atomic E-state index is 0.738. The van der Waals surface area contributed by atoms with Gasteiger partial charge < -0.3 is 9.88 Å². The Hall–Kier alpha value is -2.18. The standard InChI is InChI=1S/C20H24N4OS/c1-2-24-12-18(21-14-25)17-10-15(6-7-19(17)24)20-22-16(13-26-20)11-23-8-4-3-5-9-23/h6-7,10,12-14H,2-5,8-9,11H2,1H3,(H,21,25). The van der Waals surface area contributed by atoms with Gasteiger partial charge in [0.25, 0.3) is 0 Å². The van der Waals surface area contributed by atoms with Crippen LogP contribution >= 0.6 is 11.3 Å². The van der Waals surface area contributed by atoms with Gasteiger partial charge in [-0.2, -0.15) is 0 Å². The maximum Gasteiger partial charge on any atom is 0.211 e. The third kappa shape index (κ3) is 3.39. The zero-order valence-corrected chi connectivity index (χ0v) is 15.9. The number of aryl methyl sites for hydroxylation is 1. The molecular weight excluding hydrogens is 344 g/mol. The molecule has 4 rings (SSSR count). The van der Waals surface area contributed by atoms with Crippen LogP contribution in [0.4, 0.5) is 5.69 Å². The van der Waals surface area contributed by atoms with E-state index in [0.29, 0.717) is 0 Å². The topological polar surface area (TPSA) is 50.2 Å². The highest BCUT2D eigenvalue weighted by molar-refractivity contribution is 7.13. The molecule has 5 nitrogen and oxygen atoms in total. The lowest BCUT2D eigenvalue weighted by Crippen LogP contribution is -2.29. The van der Waals surface area contributed by atoms with Crippen molar-refractivity contribution in [3.63, 3.8) is 0 Å². The van der Waals surface area contributed by atoms with Crippen molar-refractivity contribution in [3.05, 3.63) is 35.5 Å². The molecule has 1 fully saturated rings. The molecule has 1 aliphatic rings. The average molecular weight is 369 g/mol. The first-order valence-electron chi connectivity index (χ1n) is 9.28. The average Bonchev–Trinajstić information content (AvgIpc) is 3.27. The zero-order chi connectivity index (χ0) is 17.9. The Morgan fingerprint density at radius 1 is 1.27 bits per heavy atom. The number of hydrogen-bond acceptors (Lipinski definition) is 4. The first-order valence-corrected chi connectivity index (χ1v) is 10.2. The molecule has 0 atom stereocenters. The number of thiazole rings is 1. The molecule has 3 aromatic rings. The molecule has 0 bridgehead atoms. The minimum Gasteiger partial charge on any atom is -0.346 e. The van der Waals surface area contributed by atoms with Crippen LogP contribution in [0.3, 0.4) is 0 Å². The van der Waals surface area contributed by atoms with Crippen LogP contribution in [0.25, 0.3) is 21.5 Å². The van der Waals surface area contributed by atoms with Gasteiger partial charge in [0.15, 0.2) is 0 Å². The van der Waals surface area contributed by atoms with Crippen LogP contribution in [0.5, 0.6) is 0 Å². The van der Waals surface area contributed by atoms with Crippen LogP contribution < -0.4 is 5.32 Å². The van der Waals surface area contributed by atoms with E-state index in [9.17, 15) is 4.79 Å². The van der Waals surface area contributed by atoms with Crippen molar-refractivity contribution < 1.29 is 4.79 Å². The predicted molar refractivity (Wildman–Crippen MR) is 108 cm³/mol. The number of fused-ring (bicyclic) bond motifs is 1. The number of likely N-dealkylation sites (tertiary alicyclic amines) is 1. The summed E-state index contributed by atoms with van der Waals surface area (Å²) in [5.41, 5.74) is 4.24. The lowest BCUT2D eigenvalue weighted by molar-refractivity contribution is -0.105. The fourth-order valence-corrected chi connectivity index (χ4v) is 4.54. The number of anilines is 1. The molecule has 2 aromatic heterocycles. The number of carbonyl (C=O) groups excluding carboxylic acids is 1. The molecule has 6 heteroatoms. The Morgan fingerprint density at radius 3 is 2.88 bits per heavy atom. The molecule has 26 heavy (non-hydrogen) atoms. The number of benzene rings is 1. The second-order valence-electron chi connectivity index (χ2n) is 6.80. The van der Waals surface area contributed by atoms with E-state index < -0.39 is 0 Å². The van der Waals surface area contributed by atoms with Crippen molar-refractivity contribution >= 4 is 34.3 Å². The summed E-state index contributed by atoms with van der Waals surface area (Å²) in [5.74, 6) is 0. The number of carbonyl (C=O) groups is 1. The fourth-order valence-electron chi connectivity index (χ4n) is 3.73. The van der Waals surface area contributed by atoms with Crippen LogP contribution in [-0.2, 0) is 17.9 Å². The van der Waals surface area contributed by atoms with E-state index in [0.717, 1.165) is 52.4 Å². The number of amides is 1. The highest BCUT2D eigenvalue weighted by atomic mass is 32.1. The molecule has 1 N–H and O–H groups in total. The fraction of sp³-hybridized carbons (Fsp3) is 0.400. The first kappa shape index (κ1) is 17.2. The van der Waals surface area contributed by atoms with E-state index >= 15 is 0 Å². The van der Waals surface area contributed by atoms with Gasteiger partial charge in [0.1, 0.15) is 5.01 Å². The Kier molecular flexibility index (Phi) is 5.04. The number of piperidine rings is 1. The maximum atomic E-state index is 10.9. The van der Waals surface area contributed by atoms with Crippen LogP contribution in [-0.4, -0.2) is 34.0 Å². The Morgan fingerprint density at radius 2 is 2.12 bits per heavy atom. The molecular formula is C20H24N4OS. The molecule has 0 saturated carbocycles. The summed E-state index contributed by atoms with van der Waals surface area (Å²) in [5, 5.41) is 7.10. The number of nitrogens with zero attached hydrogens (tertiary/aromatic N) is 3. The van der Waals surface area contributed by atoms with Gasteiger partial charge in [0.2, 0.25) is 6.41 Å². The predicted octanol–water partition coefficient (Wildman–Crippen LogP) is 4.34. The molecule has 0 radical (unpaired) electrons. The lowest BCUT2D eigenvalue weighted by atomic mass is 10.1. The quantitative estimate of drug-likeness (QED) is 0.659. The van der Waals surface area contributed by atoms with Gasteiger partial charge in [-0.25, -0.2) is 4.98 Å². The SMILES string of the molecule is CCn1cc(NC=O)c2cc(-c3nc(CN4CCCCC4)cs3)ccc21. The zero-order valence-electron chi connectivity index (χ0n) is 15.1. The largest absolute Gasteiger partial charge is 0.346 e. The highest BCUT2D eigenvalue weighted by Gasteiger charge is 2.14. The van der Waals surface area contributed by atoms with Crippen LogP contribution in [0, 0.1) is 0 Å². The summed E-state index contributed by atoms with van der Waals surface area (Å²) in [6.07, 6.45) is 6.69. The van der Waals surface area contributed by atoms with Gasteiger partial charge in [-0.1, -0.05) is 6.42 Å². The van der Waals surface area contributed by atoms with Crippen molar-refractivity contribution in [2.75, 3.05) is 18.4 Å².